The molecule has 11 aromatic rings. The van der Waals surface area contributed by atoms with Crippen molar-refractivity contribution in [3.8, 4) is 5.69 Å². The van der Waals surface area contributed by atoms with Crippen molar-refractivity contribution in [1.82, 2.24) is 4.57 Å². The molecule has 0 saturated heterocycles. The summed E-state index contributed by atoms with van der Waals surface area (Å²) in [5.74, 6) is 0. The third-order valence-electron chi connectivity index (χ3n) is 10.2. The molecular formula is C46H28N2OS. The van der Waals surface area contributed by atoms with E-state index in [1.165, 1.54) is 47.4 Å². The number of aromatic nitrogens is 1. The Kier molecular flexibility index (Phi) is 5.83. The third-order valence-corrected chi connectivity index (χ3v) is 11.4. The van der Waals surface area contributed by atoms with Crippen molar-refractivity contribution >= 4 is 103 Å². The largest absolute Gasteiger partial charge is 0.455 e. The number of hydrogen-bond donors (Lipinski definition) is 0. The summed E-state index contributed by atoms with van der Waals surface area (Å²) in [7, 11) is 0. The Bertz CT molecular complexity index is 3070. The number of nitrogens with zero attached hydrogens (tertiary/aromatic N) is 2. The van der Waals surface area contributed by atoms with Crippen LogP contribution in [0, 0.1) is 0 Å². The van der Waals surface area contributed by atoms with Crippen molar-refractivity contribution in [2.75, 3.05) is 4.90 Å². The summed E-state index contributed by atoms with van der Waals surface area (Å²) >= 11 is 1.86. The van der Waals surface area contributed by atoms with E-state index in [0.717, 1.165) is 50.1 Å². The lowest BCUT2D eigenvalue weighted by molar-refractivity contribution is 0.672. The van der Waals surface area contributed by atoms with Gasteiger partial charge in [-0.15, -0.1) is 11.3 Å². The Morgan fingerprint density at radius 2 is 1.06 bits per heavy atom. The minimum absolute atomic E-state index is 0.872. The molecule has 0 radical (unpaired) electrons. The monoisotopic (exact) mass is 656 g/mol. The molecule has 3 aromatic heterocycles. The highest BCUT2D eigenvalue weighted by Crippen LogP contribution is 2.50. The van der Waals surface area contributed by atoms with E-state index in [9.17, 15) is 0 Å². The molecule has 50 heavy (non-hydrogen) atoms. The van der Waals surface area contributed by atoms with Crippen LogP contribution in [0.4, 0.5) is 17.1 Å². The van der Waals surface area contributed by atoms with Crippen molar-refractivity contribution in [2.45, 2.75) is 0 Å². The second-order valence-electron chi connectivity index (χ2n) is 12.9. The second kappa shape index (κ2) is 10.6. The first-order valence-electron chi connectivity index (χ1n) is 16.9. The van der Waals surface area contributed by atoms with Gasteiger partial charge in [-0.25, -0.2) is 0 Å². The van der Waals surface area contributed by atoms with Crippen LogP contribution in [0.3, 0.4) is 0 Å². The number of thiophene rings is 1. The highest BCUT2D eigenvalue weighted by atomic mass is 32.1. The lowest BCUT2D eigenvalue weighted by Crippen LogP contribution is -2.13. The van der Waals surface area contributed by atoms with Crippen molar-refractivity contribution in [3.05, 3.63) is 170 Å². The molecule has 3 heterocycles. The van der Waals surface area contributed by atoms with Crippen molar-refractivity contribution < 1.29 is 4.42 Å². The fourth-order valence-electron chi connectivity index (χ4n) is 8.04. The molecule has 0 aliphatic rings. The Morgan fingerprint density at radius 1 is 0.440 bits per heavy atom. The molecule has 0 spiro atoms. The summed E-state index contributed by atoms with van der Waals surface area (Å²) < 4.78 is 11.7. The van der Waals surface area contributed by atoms with Crippen LogP contribution in [-0.4, -0.2) is 4.57 Å². The summed E-state index contributed by atoms with van der Waals surface area (Å²) in [6.45, 7) is 0. The number of furan rings is 1. The standard InChI is InChI=1S/C46H28N2OS/c1-2-14-30-29(13-1)27-28-35-44-40(23-12-25-42(44)49-45(30)35)48(41-24-11-18-34-33-17-5-10-26-43(33)50-46(34)41)39-22-9-8-21-38(39)47-36-19-6-3-15-31(36)32-16-4-7-20-37(32)47/h1-28H. The molecule has 0 bridgehead atoms. The average Bonchev–Trinajstić information content (AvgIpc) is 3.86. The van der Waals surface area contributed by atoms with Crippen molar-refractivity contribution in [3.63, 3.8) is 0 Å². The van der Waals surface area contributed by atoms with Gasteiger partial charge in [0.05, 0.1) is 43.9 Å². The van der Waals surface area contributed by atoms with Crippen LogP contribution >= 0.6 is 11.3 Å². The van der Waals surface area contributed by atoms with E-state index in [1.54, 1.807) is 0 Å². The molecule has 0 amide bonds. The minimum atomic E-state index is 0.872. The van der Waals surface area contributed by atoms with Crippen LogP contribution in [0.15, 0.2) is 174 Å². The molecule has 234 valence electrons. The summed E-state index contributed by atoms with van der Waals surface area (Å²) in [5.41, 5.74) is 8.57. The first kappa shape index (κ1) is 27.6. The zero-order valence-electron chi connectivity index (χ0n) is 26.9. The Hall–Kier alpha value is -6.36. The summed E-state index contributed by atoms with van der Waals surface area (Å²) in [6, 6.07) is 61.2. The second-order valence-corrected chi connectivity index (χ2v) is 13.9. The van der Waals surface area contributed by atoms with Gasteiger partial charge in [-0.2, -0.15) is 0 Å². The normalized spacial score (nSPS) is 12.0. The van der Waals surface area contributed by atoms with Crippen LogP contribution in [0.1, 0.15) is 0 Å². The number of rotatable bonds is 4. The van der Waals surface area contributed by atoms with Crippen LogP contribution in [-0.2, 0) is 0 Å². The molecule has 0 atom stereocenters. The fraction of sp³-hybridized carbons (Fsp3) is 0. The molecule has 0 aliphatic carbocycles. The third kappa shape index (κ3) is 3.85. The maximum Gasteiger partial charge on any atom is 0.143 e. The van der Waals surface area contributed by atoms with E-state index in [0.29, 0.717) is 0 Å². The van der Waals surface area contributed by atoms with Crippen molar-refractivity contribution in [1.29, 1.82) is 0 Å². The fourth-order valence-corrected chi connectivity index (χ4v) is 9.25. The first-order valence-corrected chi connectivity index (χ1v) is 17.8. The van der Waals surface area contributed by atoms with Gasteiger partial charge >= 0.3 is 0 Å². The summed E-state index contributed by atoms with van der Waals surface area (Å²) in [4.78, 5) is 2.48. The van der Waals surface area contributed by atoms with E-state index < -0.39 is 0 Å². The van der Waals surface area contributed by atoms with E-state index in [2.05, 4.69) is 179 Å². The molecule has 0 saturated carbocycles. The highest BCUT2D eigenvalue weighted by Gasteiger charge is 2.26. The zero-order chi connectivity index (χ0) is 32.8. The zero-order valence-corrected chi connectivity index (χ0v) is 27.7. The Morgan fingerprint density at radius 3 is 1.90 bits per heavy atom. The molecule has 0 fully saturated rings. The van der Waals surface area contributed by atoms with Gasteiger partial charge < -0.3 is 13.9 Å². The number of hydrogen-bond acceptors (Lipinski definition) is 3. The van der Waals surface area contributed by atoms with E-state index in [1.807, 2.05) is 11.3 Å². The van der Waals surface area contributed by atoms with E-state index in [-0.39, 0.29) is 0 Å². The summed E-state index contributed by atoms with van der Waals surface area (Å²) in [6.07, 6.45) is 0. The topological polar surface area (TPSA) is 21.3 Å². The molecule has 8 aromatic carbocycles. The summed E-state index contributed by atoms with van der Waals surface area (Å²) in [5, 5.41) is 9.53. The van der Waals surface area contributed by atoms with Gasteiger partial charge in [0.2, 0.25) is 0 Å². The molecule has 11 rings (SSSR count). The smallest absolute Gasteiger partial charge is 0.143 e. The lowest BCUT2D eigenvalue weighted by atomic mass is 10.0. The van der Waals surface area contributed by atoms with E-state index >= 15 is 0 Å². The van der Waals surface area contributed by atoms with Gasteiger partial charge in [0.25, 0.3) is 0 Å². The molecular weight excluding hydrogens is 629 g/mol. The van der Waals surface area contributed by atoms with Gasteiger partial charge in [0, 0.05) is 37.0 Å². The van der Waals surface area contributed by atoms with Gasteiger partial charge in [-0.3, -0.25) is 0 Å². The number of benzene rings is 8. The van der Waals surface area contributed by atoms with Gasteiger partial charge in [0.15, 0.2) is 0 Å². The number of fused-ring (bicyclic) bond motifs is 11. The van der Waals surface area contributed by atoms with Crippen LogP contribution in [0.25, 0.3) is 80.4 Å². The molecule has 0 aliphatic heterocycles. The van der Waals surface area contributed by atoms with Crippen molar-refractivity contribution in [2.24, 2.45) is 0 Å². The Balaban J connectivity index is 1.29. The SMILES string of the molecule is c1ccc(-n2c3ccccc3c3ccccc32)c(N(c2cccc3c2sc2ccccc23)c2cccc3oc4c5ccccc5ccc4c23)c1. The Labute approximate surface area is 291 Å². The van der Waals surface area contributed by atoms with Gasteiger partial charge in [0.1, 0.15) is 11.2 Å². The molecule has 3 nitrogen and oxygen atoms in total. The number of anilines is 3. The molecule has 0 N–H and O–H groups in total. The number of para-hydroxylation sites is 4. The maximum absolute atomic E-state index is 6.75. The molecule has 0 unspecified atom stereocenters. The molecule has 4 heteroatoms. The first-order chi connectivity index (χ1) is 24.8. The predicted octanol–water partition coefficient (Wildman–Crippen LogP) is 13.7. The van der Waals surface area contributed by atoms with Crippen LogP contribution in [0.2, 0.25) is 0 Å². The quantitative estimate of drug-likeness (QED) is 0.188. The lowest BCUT2D eigenvalue weighted by Gasteiger charge is -2.29. The van der Waals surface area contributed by atoms with E-state index in [4.69, 9.17) is 4.42 Å². The minimum Gasteiger partial charge on any atom is -0.455 e. The van der Waals surface area contributed by atoms with Crippen LogP contribution in [0.5, 0.6) is 0 Å². The average molecular weight is 657 g/mol. The van der Waals surface area contributed by atoms with Gasteiger partial charge in [-0.1, -0.05) is 115 Å². The predicted molar refractivity (Wildman–Crippen MR) is 213 cm³/mol. The highest BCUT2D eigenvalue weighted by molar-refractivity contribution is 7.26. The maximum atomic E-state index is 6.75. The van der Waals surface area contributed by atoms with Gasteiger partial charge in [-0.05, 0) is 60.0 Å². The van der Waals surface area contributed by atoms with Crippen LogP contribution < -0.4 is 4.90 Å².